The molecule has 0 aromatic heterocycles. The number of amides is 1. The van der Waals surface area contributed by atoms with E-state index >= 15 is 0 Å². The molecule has 0 unspecified atom stereocenters. The molecule has 0 atom stereocenters. The number of benzene rings is 1. The molecule has 0 heterocycles. The van der Waals surface area contributed by atoms with Crippen molar-refractivity contribution >= 4 is 5.91 Å². The highest BCUT2D eigenvalue weighted by Gasteiger charge is 2.11. The molecule has 2 N–H and O–H groups in total. The Balaban J connectivity index is 2.64. The van der Waals surface area contributed by atoms with Crippen molar-refractivity contribution < 1.29 is 9.53 Å². The molecule has 0 spiro atoms. The van der Waals surface area contributed by atoms with Crippen molar-refractivity contribution in [2.45, 2.75) is 32.9 Å². The van der Waals surface area contributed by atoms with Gasteiger partial charge in [0.05, 0.1) is 0 Å². The van der Waals surface area contributed by atoms with Gasteiger partial charge in [-0.2, -0.15) is 0 Å². The van der Waals surface area contributed by atoms with E-state index in [4.69, 9.17) is 4.74 Å². The van der Waals surface area contributed by atoms with Crippen molar-refractivity contribution in [3.8, 4) is 5.75 Å². The molecule has 1 rings (SSSR count). The fourth-order valence-electron chi connectivity index (χ4n) is 1.37. The van der Waals surface area contributed by atoms with E-state index in [9.17, 15) is 4.79 Å². The first kappa shape index (κ1) is 14.5. The van der Waals surface area contributed by atoms with Gasteiger partial charge >= 0.3 is 0 Å². The molecule has 1 aromatic rings. The predicted molar refractivity (Wildman–Crippen MR) is 72.6 cm³/mol. The molecule has 0 saturated heterocycles. The van der Waals surface area contributed by atoms with Crippen molar-refractivity contribution in [1.82, 2.24) is 10.6 Å². The van der Waals surface area contributed by atoms with Crippen LogP contribution in [0.1, 0.15) is 26.3 Å². The van der Waals surface area contributed by atoms with Crippen LogP contribution in [0, 0.1) is 0 Å². The smallest absolute Gasteiger partial charge is 0.257 e. The molecule has 0 bridgehead atoms. The van der Waals surface area contributed by atoms with Crippen molar-refractivity contribution in [2.24, 2.45) is 0 Å². The van der Waals surface area contributed by atoms with Gasteiger partial charge in [-0.05, 0) is 26.8 Å². The average molecular weight is 250 g/mol. The monoisotopic (exact) mass is 250 g/mol. The first-order valence-corrected chi connectivity index (χ1v) is 6.08. The molecule has 0 saturated carbocycles. The highest BCUT2D eigenvalue weighted by atomic mass is 16.5. The van der Waals surface area contributed by atoms with Gasteiger partial charge in [-0.3, -0.25) is 4.79 Å². The van der Waals surface area contributed by atoms with Crippen molar-refractivity contribution in [3.63, 3.8) is 0 Å². The molecule has 100 valence electrons. The molecular weight excluding hydrogens is 228 g/mol. The lowest BCUT2D eigenvalue weighted by molar-refractivity contribution is -0.122. The van der Waals surface area contributed by atoms with Crippen LogP contribution in [-0.2, 0) is 11.3 Å². The van der Waals surface area contributed by atoms with Gasteiger partial charge in [-0.25, -0.2) is 0 Å². The van der Waals surface area contributed by atoms with E-state index in [1.165, 1.54) is 0 Å². The number of carbonyl (C=O) groups excluding carboxylic acids is 1. The minimum absolute atomic E-state index is 0.0447. The SMILES string of the molecule is CNC(=O)COc1ccccc1CNC(C)(C)C. The van der Waals surface area contributed by atoms with Gasteiger partial charge in [0, 0.05) is 24.7 Å². The summed E-state index contributed by atoms with van der Waals surface area (Å²) in [6.07, 6.45) is 0. The number of ether oxygens (including phenoxy) is 1. The summed E-state index contributed by atoms with van der Waals surface area (Å²) in [6.45, 7) is 7.10. The summed E-state index contributed by atoms with van der Waals surface area (Å²) in [7, 11) is 1.60. The van der Waals surface area contributed by atoms with Crippen LogP contribution in [0.2, 0.25) is 0 Å². The maximum Gasteiger partial charge on any atom is 0.257 e. The molecule has 0 aliphatic carbocycles. The first-order valence-electron chi connectivity index (χ1n) is 6.08. The molecule has 0 aliphatic rings. The minimum atomic E-state index is -0.131. The minimum Gasteiger partial charge on any atom is -0.483 e. The zero-order chi connectivity index (χ0) is 13.6. The molecular formula is C14H22N2O2. The maximum absolute atomic E-state index is 11.2. The van der Waals surface area contributed by atoms with Crippen molar-refractivity contribution in [2.75, 3.05) is 13.7 Å². The lowest BCUT2D eigenvalue weighted by atomic mass is 10.1. The summed E-state index contributed by atoms with van der Waals surface area (Å²) in [5.74, 6) is 0.617. The Bertz CT molecular complexity index is 397. The highest BCUT2D eigenvalue weighted by molar-refractivity contribution is 5.77. The van der Waals surface area contributed by atoms with E-state index in [1.54, 1.807) is 7.05 Å². The Kier molecular flexibility index (Phi) is 5.16. The van der Waals surface area contributed by atoms with E-state index < -0.39 is 0 Å². The van der Waals surface area contributed by atoms with Crippen molar-refractivity contribution in [1.29, 1.82) is 0 Å². The topological polar surface area (TPSA) is 50.4 Å². The van der Waals surface area contributed by atoms with Crippen LogP contribution in [0.25, 0.3) is 0 Å². The Labute approximate surface area is 109 Å². The van der Waals surface area contributed by atoms with Crippen LogP contribution in [0.15, 0.2) is 24.3 Å². The van der Waals surface area contributed by atoms with E-state index in [1.807, 2.05) is 24.3 Å². The number of rotatable bonds is 5. The molecule has 0 aliphatic heterocycles. The number of likely N-dealkylation sites (N-methyl/N-ethyl adjacent to an activating group) is 1. The molecule has 0 fully saturated rings. The second-order valence-electron chi connectivity index (χ2n) is 5.17. The Morgan fingerprint density at radius 1 is 1.28 bits per heavy atom. The molecule has 0 radical (unpaired) electrons. The highest BCUT2D eigenvalue weighted by Crippen LogP contribution is 2.18. The molecule has 4 nitrogen and oxygen atoms in total. The fraction of sp³-hybridized carbons (Fsp3) is 0.500. The largest absolute Gasteiger partial charge is 0.483 e. The third-order valence-corrected chi connectivity index (χ3v) is 2.42. The van der Waals surface area contributed by atoms with E-state index in [0.29, 0.717) is 6.54 Å². The summed E-state index contributed by atoms with van der Waals surface area (Å²) in [5.41, 5.74) is 1.10. The Morgan fingerprint density at radius 2 is 1.94 bits per heavy atom. The summed E-state index contributed by atoms with van der Waals surface area (Å²) in [4.78, 5) is 11.2. The summed E-state index contributed by atoms with van der Waals surface area (Å²) in [6, 6.07) is 7.74. The van der Waals surface area contributed by atoms with E-state index in [2.05, 4.69) is 31.4 Å². The molecule has 1 amide bonds. The van der Waals surface area contributed by atoms with Gasteiger partial charge in [0.25, 0.3) is 5.91 Å². The first-order chi connectivity index (χ1) is 8.42. The number of hydrogen-bond acceptors (Lipinski definition) is 3. The second-order valence-corrected chi connectivity index (χ2v) is 5.17. The molecule has 1 aromatic carbocycles. The lowest BCUT2D eigenvalue weighted by Gasteiger charge is -2.21. The third-order valence-electron chi connectivity index (χ3n) is 2.42. The Hall–Kier alpha value is -1.55. The number of hydrogen-bond donors (Lipinski definition) is 2. The van der Waals surface area contributed by atoms with Crippen LogP contribution in [0.4, 0.5) is 0 Å². The Morgan fingerprint density at radius 3 is 2.56 bits per heavy atom. The van der Waals surface area contributed by atoms with E-state index in [0.717, 1.165) is 11.3 Å². The second kappa shape index (κ2) is 6.40. The van der Waals surface area contributed by atoms with Gasteiger partial charge in [0.15, 0.2) is 6.61 Å². The van der Waals surface area contributed by atoms with Gasteiger partial charge < -0.3 is 15.4 Å². The molecule has 4 heteroatoms. The van der Waals surface area contributed by atoms with Crippen LogP contribution >= 0.6 is 0 Å². The summed E-state index contributed by atoms with van der Waals surface area (Å²) >= 11 is 0. The van der Waals surface area contributed by atoms with E-state index in [-0.39, 0.29) is 18.1 Å². The summed E-state index contributed by atoms with van der Waals surface area (Å²) in [5, 5.41) is 5.93. The predicted octanol–water partition coefficient (Wildman–Crippen LogP) is 1.70. The normalized spacial score (nSPS) is 11.1. The van der Waals surface area contributed by atoms with Crippen LogP contribution in [0.5, 0.6) is 5.75 Å². The van der Waals surface area contributed by atoms with Crippen molar-refractivity contribution in [3.05, 3.63) is 29.8 Å². The third kappa shape index (κ3) is 5.19. The zero-order valence-corrected chi connectivity index (χ0v) is 11.5. The maximum atomic E-state index is 11.2. The van der Waals surface area contributed by atoms with Crippen LogP contribution in [-0.4, -0.2) is 25.1 Å². The molecule has 18 heavy (non-hydrogen) atoms. The average Bonchev–Trinajstić information content (AvgIpc) is 2.33. The van der Waals surface area contributed by atoms with Crippen LogP contribution < -0.4 is 15.4 Å². The van der Waals surface area contributed by atoms with Gasteiger partial charge in [-0.15, -0.1) is 0 Å². The lowest BCUT2D eigenvalue weighted by Crippen LogP contribution is -2.35. The zero-order valence-electron chi connectivity index (χ0n) is 11.5. The number of carbonyl (C=O) groups is 1. The van der Waals surface area contributed by atoms with Gasteiger partial charge in [-0.1, -0.05) is 18.2 Å². The number of para-hydroxylation sites is 1. The standard InChI is InChI=1S/C14H22N2O2/c1-14(2,3)16-9-11-7-5-6-8-12(11)18-10-13(17)15-4/h5-8,16H,9-10H2,1-4H3,(H,15,17). The summed E-state index contributed by atoms with van der Waals surface area (Å²) < 4.78 is 5.50. The fourth-order valence-corrected chi connectivity index (χ4v) is 1.37. The van der Waals surface area contributed by atoms with Gasteiger partial charge in [0.2, 0.25) is 0 Å². The van der Waals surface area contributed by atoms with Crippen LogP contribution in [0.3, 0.4) is 0 Å². The number of nitrogens with one attached hydrogen (secondary N) is 2. The quantitative estimate of drug-likeness (QED) is 0.836. The van der Waals surface area contributed by atoms with Gasteiger partial charge in [0.1, 0.15) is 5.75 Å².